The molecule has 0 N–H and O–H groups in total. The second kappa shape index (κ2) is 6.33. The second-order valence-electron chi connectivity index (χ2n) is 4.65. The molecule has 0 spiro atoms. The second-order valence-corrected chi connectivity index (χ2v) is 5.82. The molecule has 1 aliphatic rings. The summed E-state index contributed by atoms with van der Waals surface area (Å²) in [6.45, 7) is 4.52. The molecule has 0 aromatic heterocycles. The number of benzene rings is 1. The number of hydrogen-bond acceptors (Lipinski definition) is 2. The summed E-state index contributed by atoms with van der Waals surface area (Å²) >= 11 is 9.25. The third kappa shape index (κ3) is 3.67. The number of nitrogens with zero attached hydrogens (tertiary/aromatic N) is 1. The van der Waals surface area contributed by atoms with Crippen molar-refractivity contribution in [3.63, 3.8) is 0 Å². The first kappa shape index (κ1) is 14.3. The zero-order valence-electron chi connectivity index (χ0n) is 10.2. The highest BCUT2D eigenvalue weighted by molar-refractivity contribution is 9.10. The molecule has 1 fully saturated rings. The minimum absolute atomic E-state index is 0.0784. The van der Waals surface area contributed by atoms with Crippen LogP contribution in [0.2, 0.25) is 0 Å². The number of hydrogen-bond donors (Lipinski definition) is 0. The predicted octanol–water partition coefficient (Wildman–Crippen LogP) is 3.42. The standard InChI is InChI=1S/C13H16BrClFNO/c1-9-6-17(8-12(5-15)18-9)7-10-2-3-11(16)4-13(10)14/h2-4,9,12H,5-8H2,1H3. The van der Waals surface area contributed by atoms with E-state index in [9.17, 15) is 4.39 Å². The molecule has 1 aliphatic heterocycles. The number of halogens is 3. The smallest absolute Gasteiger partial charge is 0.124 e. The van der Waals surface area contributed by atoms with E-state index in [1.807, 2.05) is 13.0 Å². The molecule has 2 atom stereocenters. The highest BCUT2D eigenvalue weighted by atomic mass is 79.9. The van der Waals surface area contributed by atoms with E-state index in [1.54, 1.807) is 0 Å². The Morgan fingerprint density at radius 1 is 1.50 bits per heavy atom. The van der Waals surface area contributed by atoms with Crippen LogP contribution in [0, 0.1) is 5.82 Å². The highest BCUT2D eigenvalue weighted by Gasteiger charge is 2.24. The van der Waals surface area contributed by atoms with Gasteiger partial charge < -0.3 is 4.74 Å². The summed E-state index contributed by atoms with van der Waals surface area (Å²) in [7, 11) is 0. The van der Waals surface area contributed by atoms with Crippen LogP contribution in [0.3, 0.4) is 0 Å². The average Bonchev–Trinajstić information content (AvgIpc) is 2.32. The molecule has 0 radical (unpaired) electrons. The predicted molar refractivity (Wildman–Crippen MR) is 74.4 cm³/mol. The number of rotatable bonds is 3. The normalized spacial score (nSPS) is 25.3. The molecule has 0 saturated carbocycles. The van der Waals surface area contributed by atoms with E-state index in [2.05, 4.69) is 20.8 Å². The number of alkyl halides is 1. The van der Waals surface area contributed by atoms with Crippen LogP contribution in [0.25, 0.3) is 0 Å². The van der Waals surface area contributed by atoms with Gasteiger partial charge in [-0.25, -0.2) is 4.39 Å². The largest absolute Gasteiger partial charge is 0.371 e. The van der Waals surface area contributed by atoms with E-state index in [4.69, 9.17) is 16.3 Å². The zero-order chi connectivity index (χ0) is 13.1. The van der Waals surface area contributed by atoms with Crippen molar-refractivity contribution in [2.45, 2.75) is 25.7 Å². The van der Waals surface area contributed by atoms with Crippen LogP contribution in [0.4, 0.5) is 4.39 Å². The van der Waals surface area contributed by atoms with Gasteiger partial charge in [0, 0.05) is 30.0 Å². The van der Waals surface area contributed by atoms with Crippen LogP contribution < -0.4 is 0 Å². The monoisotopic (exact) mass is 335 g/mol. The summed E-state index contributed by atoms with van der Waals surface area (Å²) in [4.78, 5) is 2.29. The Labute approximate surface area is 120 Å². The first-order valence-corrected chi connectivity index (χ1v) is 7.29. The summed E-state index contributed by atoms with van der Waals surface area (Å²) in [5.74, 6) is 0.283. The minimum Gasteiger partial charge on any atom is -0.371 e. The molecule has 2 nitrogen and oxygen atoms in total. The lowest BCUT2D eigenvalue weighted by Crippen LogP contribution is -2.46. The van der Waals surface area contributed by atoms with Crippen LogP contribution in [0.15, 0.2) is 22.7 Å². The Kier molecular flexibility index (Phi) is 5.01. The summed E-state index contributed by atoms with van der Waals surface area (Å²) in [5, 5.41) is 0. The van der Waals surface area contributed by atoms with E-state index in [0.29, 0.717) is 5.88 Å². The van der Waals surface area contributed by atoms with Gasteiger partial charge in [-0.2, -0.15) is 0 Å². The summed E-state index contributed by atoms with van der Waals surface area (Å²) in [6, 6.07) is 4.80. The molecular formula is C13H16BrClFNO. The van der Waals surface area contributed by atoms with Crippen molar-refractivity contribution in [3.8, 4) is 0 Å². The van der Waals surface area contributed by atoms with Gasteiger partial charge in [-0.3, -0.25) is 4.90 Å². The molecule has 2 rings (SSSR count). The molecule has 1 aromatic rings. The fourth-order valence-electron chi connectivity index (χ4n) is 2.25. The van der Waals surface area contributed by atoms with Crippen LogP contribution in [0.5, 0.6) is 0 Å². The molecule has 0 aliphatic carbocycles. The molecule has 0 bridgehead atoms. The van der Waals surface area contributed by atoms with Gasteiger partial charge >= 0.3 is 0 Å². The van der Waals surface area contributed by atoms with Gasteiger partial charge in [0.1, 0.15) is 5.82 Å². The Hall–Kier alpha value is -0.160. The maximum atomic E-state index is 13.0. The van der Waals surface area contributed by atoms with E-state index < -0.39 is 0 Å². The van der Waals surface area contributed by atoms with Crippen molar-refractivity contribution in [1.29, 1.82) is 0 Å². The molecule has 1 heterocycles. The van der Waals surface area contributed by atoms with Gasteiger partial charge in [0.2, 0.25) is 0 Å². The number of ether oxygens (including phenoxy) is 1. The molecule has 0 amide bonds. The molecule has 18 heavy (non-hydrogen) atoms. The Balaban J connectivity index is 2.04. The first-order valence-electron chi connectivity index (χ1n) is 5.96. The maximum Gasteiger partial charge on any atom is 0.124 e. The Bertz CT molecular complexity index is 418. The van der Waals surface area contributed by atoms with E-state index in [-0.39, 0.29) is 18.0 Å². The topological polar surface area (TPSA) is 12.5 Å². The van der Waals surface area contributed by atoms with Crippen LogP contribution in [-0.4, -0.2) is 36.1 Å². The zero-order valence-corrected chi connectivity index (χ0v) is 12.5. The van der Waals surface area contributed by atoms with Gasteiger partial charge in [0.25, 0.3) is 0 Å². The lowest BCUT2D eigenvalue weighted by molar-refractivity contribution is -0.0689. The summed E-state index contributed by atoms with van der Waals surface area (Å²) < 4.78 is 19.5. The van der Waals surface area contributed by atoms with Crippen molar-refractivity contribution in [1.82, 2.24) is 4.90 Å². The molecule has 5 heteroatoms. The molecule has 2 unspecified atom stereocenters. The lowest BCUT2D eigenvalue weighted by atomic mass is 10.1. The average molecular weight is 337 g/mol. The first-order chi connectivity index (χ1) is 8.58. The molecule has 1 aromatic carbocycles. The minimum atomic E-state index is -0.223. The Morgan fingerprint density at radius 2 is 2.28 bits per heavy atom. The fourth-order valence-corrected chi connectivity index (χ4v) is 2.89. The van der Waals surface area contributed by atoms with Crippen molar-refractivity contribution < 1.29 is 9.13 Å². The summed E-state index contributed by atoms with van der Waals surface area (Å²) in [5.41, 5.74) is 1.08. The van der Waals surface area contributed by atoms with Crippen molar-refractivity contribution in [3.05, 3.63) is 34.1 Å². The van der Waals surface area contributed by atoms with Gasteiger partial charge in [-0.1, -0.05) is 22.0 Å². The van der Waals surface area contributed by atoms with Gasteiger partial charge in [-0.15, -0.1) is 11.6 Å². The maximum absolute atomic E-state index is 13.0. The lowest BCUT2D eigenvalue weighted by Gasteiger charge is -2.36. The van der Waals surface area contributed by atoms with E-state index in [1.165, 1.54) is 12.1 Å². The SMILES string of the molecule is CC1CN(Cc2ccc(F)cc2Br)CC(CCl)O1. The summed E-state index contributed by atoms with van der Waals surface area (Å²) in [6.07, 6.45) is 0.261. The van der Waals surface area contributed by atoms with Crippen LogP contribution in [0.1, 0.15) is 12.5 Å². The quantitative estimate of drug-likeness (QED) is 0.784. The fraction of sp³-hybridized carbons (Fsp3) is 0.538. The Morgan fingerprint density at radius 3 is 2.94 bits per heavy atom. The highest BCUT2D eigenvalue weighted by Crippen LogP contribution is 2.22. The molecule has 100 valence electrons. The third-order valence-corrected chi connectivity index (χ3v) is 4.07. The van der Waals surface area contributed by atoms with E-state index >= 15 is 0 Å². The van der Waals surface area contributed by atoms with Gasteiger partial charge in [-0.05, 0) is 24.6 Å². The molecule has 1 saturated heterocycles. The van der Waals surface area contributed by atoms with E-state index in [0.717, 1.165) is 29.7 Å². The van der Waals surface area contributed by atoms with Crippen LogP contribution >= 0.6 is 27.5 Å². The number of morpholine rings is 1. The van der Waals surface area contributed by atoms with Crippen molar-refractivity contribution >= 4 is 27.5 Å². The molecular weight excluding hydrogens is 321 g/mol. The third-order valence-electron chi connectivity index (χ3n) is 2.98. The van der Waals surface area contributed by atoms with Gasteiger partial charge in [0.05, 0.1) is 12.2 Å². The van der Waals surface area contributed by atoms with Crippen LogP contribution in [-0.2, 0) is 11.3 Å². The van der Waals surface area contributed by atoms with Gasteiger partial charge in [0.15, 0.2) is 0 Å². The van der Waals surface area contributed by atoms with Crippen molar-refractivity contribution in [2.75, 3.05) is 19.0 Å². The van der Waals surface area contributed by atoms with Crippen molar-refractivity contribution in [2.24, 2.45) is 0 Å².